The highest BCUT2D eigenvalue weighted by Gasteiger charge is 2.63. The molecule has 0 aromatic carbocycles. The molecule has 4 aromatic heterocycles. The molecule has 0 atom stereocenters. The summed E-state index contributed by atoms with van der Waals surface area (Å²) in [6.45, 7) is 9.15. The van der Waals surface area contributed by atoms with E-state index in [1.807, 2.05) is 32.9 Å². The van der Waals surface area contributed by atoms with Crippen LogP contribution in [0.15, 0.2) is 41.3 Å². The molecule has 0 bridgehead atoms. The second-order valence-corrected chi connectivity index (χ2v) is 13.7. The van der Waals surface area contributed by atoms with Crippen LogP contribution in [0.25, 0.3) is 16.9 Å². The molecule has 2 saturated heterocycles. The number of rotatable bonds is 6. The summed E-state index contributed by atoms with van der Waals surface area (Å²) in [6.07, 6.45) is 1.87. The minimum absolute atomic E-state index is 0.0850. The van der Waals surface area contributed by atoms with E-state index in [2.05, 4.69) is 30.4 Å². The lowest BCUT2D eigenvalue weighted by atomic mass is 9.55. The molecule has 2 N–H and O–H groups in total. The number of hydrogen-bond acceptors (Lipinski definition) is 10. The number of halogens is 2. The van der Waals surface area contributed by atoms with Crippen LogP contribution in [-0.2, 0) is 4.74 Å². The highest BCUT2D eigenvalue weighted by molar-refractivity contribution is 6.09. The van der Waals surface area contributed by atoms with Crippen LogP contribution in [0.3, 0.4) is 0 Å². The van der Waals surface area contributed by atoms with E-state index in [0.29, 0.717) is 65.9 Å². The molecule has 1 saturated carbocycles. The fourth-order valence-electron chi connectivity index (χ4n) is 6.51. The third kappa shape index (κ3) is 5.31. The fraction of sp³-hybridized carbons (Fsp3) is 0.484. The Balaban J connectivity index is 1.02. The van der Waals surface area contributed by atoms with Gasteiger partial charge in [0.15, 0.2) is 0 Å². The van der Waals surface area contributed by atoms with Gasteiger partial charge in [0.2, 0.25) is 11.7 Å². The van der Waals surface area contributed by atoms with Gasteiger partial charge < -0.3 is 29.5 Å². The van der Waals surface area contributed by atoms with Gasteiger partial charge >= 0.3 is 6.09 Å². The van der Waals surface area contributed by atoms with Gasteiger partial charge in [0.1, 0.15) is 11.2 Å². The molecule has 13 nitrogen and oxygen atoms in total. The van der Waals surface area contributed by atoms with Crippen LogP contribution in [0.4, 0.5) is 25.0 Å². The molecule has 3 aliphatic rings. The van der Waals surface area contributed by atoms with Gasteiger partial charge in [-0.2, -0.15) is 10.1 Å². The maximum Gasteiger partial charge on any atom is 0.410 e. The first-order chi connectivity index (χ1) is 21.7. The SMILES string of the molecule is Cc1ncc(-c2noc(C3CN(C(=O)OC(C)(C)C)C3)n2)cc1NC(=O)c1cnn2ccc(N3CC4(C3)CC(O)(C(F)F)C4)cc12. The van der Waals surface area contributed by atoms with Gasteiger partial charge in [-0.15, -0.1) is 0 Å². The summed E-state index contributed by atoms with van der Waals surface area (Å²) < 4.78 is 38.7. The Morgan fingerprint density at radius 2 is 1.91 bits per heavy atom. The van der Waals surface area contributed by atoms with Crippen molar-refractivity contribution in [1.82, 2.24) is 29.6 Å². The molecule has 2 amide bonds. The van der Waals surface area contributed by atoms with Gasteiger partial charge in [-0.05, 0) is 58.7 Å². The summed E-state index contributed by atoms with van der Waals surface area (Å²) in [4.78, 5) is 38.3. The second-order valence-electron chi connectivity index (χ2n) is 13.7. The largest absolute Gasteiger partial charge is 0.444 e. The van der Waals surface area contributed by atoms with Gasteiger partial charge in [-0.1, -0.05) is 5.16 Å². The molecule has 2 aliphatic heterocycles. The average Bonchev–Trinajstić information content (AvgIpc) is 3.56. The predicted octanol–water partition coefficient (Wildman–Crippen LogP) is 4.27. The molecule has 242 valence electrons. The highest BCUT2D eigenvalue weighted by atomic mass is 19.3. The quantitative estimate of drug-likeness (QED) is 0.314. The minimum Gasteiger partial charge on any atom is -0.444 e. The van der Waals surface area contributed by atoms with Crippen molar-refractivity contribution in [1.29, 1.82) is 0 Å². The van der Waals surface area contributed by atoms with Gasteiger partial charge in [-0.3, -0.25) is 9.78 Å². The van der Waals surface area contributed by atoms with Crippen LogP contribution in [0, 0.1) is 12.3 Å². The maximum atomic E-state index is 13.5. The monoisotopic (exact) mass is 636 g/mol. The summed E-state index contributed by atoms with van der Waals surface area (Å²) in [5.41, 5.74) is 0.598. The van der Waals surface area contributed by atoms with E-state index in [1.165, 1.54) is 6.20 Å². The molecule has 1 aliphatic carbocycles. The van der Waals surface area contributed by atoms with Crippen LogP contribution >= 0.6 is 0 Å². The first-order valence-corrected chi connectivity index (χ1v) is 15.0. The van der Waals surface area contributed by atoms with Crippen molar-refractivity contribution in [3.8, 4) is 11.4 Å². The number of anilines is 2. The van der Waals surface area contributed by atoms with Gasteiger partial charge in [0.25, 0.3) is 12.3 Å². The zero-order valence-corrected chi connectivity index (χ0v) is 25.8. The normalized spacial score (nSPS) is 18.8. The van der Waals surface area contributed by atoms with Crippen LogP contribution in [-0.4, -0.2) is 90.6 Å². The molecule has 0 radical (unpaired) electrons. The number of aromatic nitrogens is 5. The molecule has 7 rings (SSSR count). The summed E-state index contributed by atoms with van der Waals surface area (Å²) >= 11 is 0. The Labute approximate surface area is 262 Å². The Morgan fingerprint density at radius 1 is 1.17 bits per heavy atom. The summed E-state index contributed by atoms with van der Waals surface area (Å²) in [6, 6.07) is 5.43. The fourth-order valence-corrected chi connectivity index (χ4v) is 6.51. The predicted molar refractivity (Wildman–Crippen MR) is 161 cm³/mol. The maximum absolute atomic E-state index is 13.5. The van der Waals surface area contributed by atoms with E-state index >= 15 is 0 Å². The van der Waals surface area contributed by atoms with Crippen molar-refractivity contribution in [3.63, 3.8) is 0 Å². The number of amides is 2. The number of likely N-dealkylation sites (tertiary alicyclic amines) is 1. The van der Waals surface area contributed by atoms with Gasteiger partial charge in [-0.25, -0.2) is 18.1 Å². The van der Waals surface area contributed by atoms with E-state index < -0.39 is 17.6 Å². The zero-order valence-electron chi connectivity index (χ0n) is 25.8. The smallest absolute Gasteiger partial charge is 0.410 e. The molecule has 46 heavy (non-hydrogen) atoms. The summed E-state index contributed by atoms with van der Waals surface area (Å²) in [5, 5.41) is 21.3. The Hall–Kier alpha value is -4.66. The third-order valence-electron chi connectivity index (χ3n) is 8.85. The molecular weight excluding hydrogens is 602 g/mol. The van der Waals surface area contributed by atoms with E-state index in [4.69, 9.17) is 9.26 Å². The molecule has 4 aromatic rings. The number of pyridine rings is 2. The Kier molecular flexibility index (Phi) is 6.81. The summed E-state index contributed by atoms with van der Waals surface area (Å²) in [5.74, 6) is 0.211. The van der Waals surface area contributed by atoms with E-state index in [1.54, 1.807) is 34.8 Å². The standard InChI is InChI=1S/C31H34F2N8O5/c1-17-22(7-18(9-34-17)24-37-26(46-38-24)19-11-39(12-19)28(43)45-29(2,3)4)36-25(42)21-10-35-41-6-5-20(8-23(21)41)40-15-30(16-40)13-31(44,14-30)27(32)33/h5-10,19,27,44H,11-16H2,1-4H3,(H,36,42). The number of fused-ring (bicyclic) bond motifs is 1. The molecular formula is C31H34F2N8O5. The van der Waals surface area contributed by atoms with Crippen molar-refractivity contribution in [2.75, 3.05) is 36.4 Å². The Morgan fingerprint density at radius 3 is 2.61 bits per heavy atom. The van der Waals surface area contributed by atoms with Gasteiger partial charge in [0, 0.05) is 55.2 Å². The lowest BCUT2D eigenvalue weighted by Crippen LogP contribution is -2.70. The van der Waals surface area contributed by atoms with Crippen molar-refractivity contribution in [2.24, 2.45) is 5.41 Å². The van der Waals surface area contributed by atoms with Crippen LogP contribution in [0.2, 0.25) is 0 Å². The average molecular weight is 637 g/mol. The van der Waals surface area contributed by atoms with E-state index in [0.717, 1.165) is 5.69 Å². The second kappa shape index (κ2) is 10.4. The molecule has 0 unspecified atom stereocenters. The number of aliphatic hydroxyl groups is 1. The first-order valence-electron chi connectivity index (χ1n) is 15.0. The lowest BCUT2D eigenvalue weighted by molar-refractivity contribution is -0.209. The molecule has 3 fully saturated rings. The number of nitrogens with one attached hydrogen (secondary N) is 1. The lowest BCUT2D eigenvalue weighted by Gasteiger charge is -2.62. The number of carbonyl (C=O) groups is 2. The number of alkyl halides is 2. The van der Waals surface area contributed by atoms with Crippen LogP contribution < -0.4 is 10.2 Å². The van der Waals surface area contributed by atoms with Gasteiger partial charge in [0.05, 0.1) is 34.6 Å². The van der Waals surface area contributed by atoms with Crippen molar-refractivity contribution < 1.29 is 32.7 Å². The summed E-state index contributed by atoms with van der Waals surface area (Å²) in [7, 11) is 0. The zero-order chi connectivity index (χ0) is 32.6. The molecule has 6 heterocycles. The van der Waals surface area contributed by atoms with E-state index in [-0.39, 0.29) is 36.2 Å². The number of ether oxygens (including phenoxy) is 1. The number of carbonyl (C=O) groups excluding carboxylic acids is 2. The number of hydrogen-bond donors (Lipinski definition) is 2. The van der Waals surface area contributed by atoms with Crippen LogP contribution in [0.1, 0.15) is 61.5 Å². The minimum atomic E-state index is -2.74. The number of aryl methyl sites for hydroxylation is 1. The van der Waals surface area contributed by atoms with Crippen molar-refractivity contribution in [2.45, 2.75) is 64.1 Å². The number of nitrogens with zero attached hydrogens (tertiary/aromatic N) is 7. The third-order valence-corrected chi connectivity index (χ3v) is 8.85. The molecule has 1 spiro atoms. The van der Waals surface area contributed by atoms with Crippen molar-refractivity contribution in [3.05, 3.63) is 53.9 Å². The van der Waals surface area contributed by atoms with E-state index in [9.17, 15) is 23.5 Å². The topological polar surface area (TPSA) is 151 Å². The Bertz CT molecular complexity index is 1830. The molecule has 15 heteroatoms. The first kappa shape index (κ1) is 30.0. The van der Waals surface area contributed by atoms with Crippen molar-refractivity contribution >= 4 is 28.9 Å². The highest BCUT2D eigenvalue weighted by Crippen LogP contribution is 2.56. The van der Waals surface area contributed by atoms with Crippen LogP contribution in [0.5, 0.6) is 0 Å².